The number of nitrogens with zero attached hydrogens (tertiary/aromatic N) is 1. The Labute approximate surface area is 181 Å². The van der Waals surface area contributed by atoms with Crippen LogP contribution in [0.4, 0.5) is 17.1 Å². The van der Waals surface area contributed by atoms with Gasteiger partial charge in [0.1, 0.15) is 0 Å². The normalized spacial score (nSPS) is 15.0. The maximum atomic E-state index is 13.6. The number of hydrogen-bond acceptors (Lipinski definition) is 3. The first kappa shape index (κ1) is 20.8. The monoisotopic (exact) mass is 467 g/mol. The van der Waals surface area contributed by atoms with E-state index >= 15 is 0 Å². The van der Waals surface area contributed by atoms with Crippen molar-refractivity contribution in [2.45, 2.75) is 53.9 Å². The third-order valence-corrected chi connectivity index (χ3v) is 9.67. The zero-order chi connectivity index (χ0) is 22.0. The van der Waals surface area contributed by atoms with E-state index in [0.717, 1.165) is 39.3 Å². The summed E-state index contributed by atoms with van der Waals surface area (Å²) in [6, 6.07) is 16.0. The van der Waals surface area contributed by atoms with Crippen LogP contribution in [0.2, 0.25) is 0 Å². The van der Waals surface area contributed by atoms with Crippen LogP contribution >= 0.6 is 0 Å². The van der Waals surface area contributed by atoms with Gasteiger partial charge in [-0.1, -0.05) is 0 Å². The molecule has 0 spiro atoms. The van der Waals surface area contributed by atoms with Crippen LogP contribution in [-0.2, 0) is 13.1 Å². The summed E-state index contributed by atoms with van der Waals surface area (Å²) in [5.41, 5.74) is 8.08. The molecule has 3 aromatic rings. The molecule has 0 unspecified atom stereocenters. The molecular weight excluding hydrogens is 437 g/mol. The molecule has 30 heavy (non-hydrogen) atoms. The molecule has 1 aliphatic rings. The first-order valence-corrected chi connectivity index (χ1v) is 13.4. The van der Waals surface area contributed by atoms with E-state index in [1.165, 1.54) is 5.56 Å². The van der Waals surface area contributed by atoms with E-state index in [9.17, 15) is 7.67 Å². The van der Waals surface area contributed by atoms with Gasteiger partial charge in [0.25, 0.3) is 0 Å². The van der Waals surface area contributed by atoms with Crippen molar-refractivity contribution in [2.24, 2.45) is 0 Å². The Morgan fingerprint density at radius 3 is 1.53 bits per heavy atom. The van der Waals surface area contributed by atoms with E-state index in [1.54, 1.807) is 0 Å². The van der Waals surface area contributed by atoms with Crippen molar-refractivity contribution < 1.29 is 7.67 Å². The molecule has 1 aliphatic heterocycles. The first-order chi connectivity index (χ1) is 13.9. The van der Waals surface area contributed by atoms with Gasteiger partial charge in [-0.05, 0) is 0 Å². The molecule has 0 bridgehead atoms. The quantitative estimate of drug-likeness (QED) is 0.352. The van der Waals surface area contributed by atoms with Gasteiger partial charge in [0.05, 0.1) is 0 Å². The van der Waals surface area contributed by atoms with Crippen LogP contribution in [-0.4, -0.2) is 12.7 Å². The van der Waals surface area contributed by atoms with Gasteiger partial charge in [-0.15, -0.1) is 0 Å². The minimum absolute atomic E-state index is 0.0486. The average Bonchev–Trinajstić information content (AvgIpc) is 2.63. The second-order valence-corrected chi connectivity index (χ2v) is 13.4. The summed E-state index contributed by atoms with van der Waals surface area (Å²) in [6.45, 7) is 14.8. The van der Waals surface area contributed by atoms with Crippen molar-refractivity contribution in [2.75, 3.05) is 4.90 Å². The summed E-state index contributed by atoms with van der Waals surface area (Å²) >= 11 is -4.51. The molecule has 0 saturated heterocycles. The molecule has 3 aromatic carbocycles. The second-order valence-electron chi connectivity index (χ2n) is 9.49. The molecule has 0 aliphatic carbocycles. The van der Waals surface area contributed by atoms with E-state index in [4.69, 9.17) is 0 Å². The Kier molecular flexibility index (Phi) is 4.72. The number of hydrogen-bond donors (Lipinski definition) is 0. The van der Waals surface area contributed by atoms with Crippen LogP contribution in [0.25, 0.3) is 0 Å². The molecular formula is C26H29NO2Se. The van der Waals surface area contributed by atoms with Gasteiger partial charge in [0, 0.05) is 0 Å². The Hall–Kier alpha value is -2.42. The number of rotatable bonds is 1. The zero-order valence-electron chi connectivity index (χ0n) is 18.8. The minimum atomic E-state index is -4.51. The molecule has 0 saturated carbocycles. The van der Waals surface area contributed by atoms with Gasteiger partial charge in [0.2, 0.25) is 0 Å². The van der Waals surface area contributed by atoms with Crippen LogP contribution in [0.15, 0.2) is 48.5 Å². The molecule has 0 aromatic heterocycles. The van der Waals surface area contributed by atoms with Gasteiger partial charge in [-0.2, -0.15) is 0 Å². The fourth-order valence-electron chi connectivity index (χ4n) is 4.27. The molecule has 0 N–H and O–H groups in total. The van der Waals surface area contributed by atoms with Crippen LogP contribution in [0.3, 0.4) is 0 Å². The van der Waals surface area contributed by atoms with E-state index in [0.29, 0.717) is 8.92 Å². The second kappa shape index (κ2) is 6.80. The van der Waals surface area contributed by atoms with E-state index < -0.39 is 12.7 Å². The van der Waals surface area contributed by atoms with Crippen molar-refractivity contribution >= 4 is 38.7 Å². The third kappa shape index (κ3) is 3.19. The summed E-state index contributed by atoms with van der Waals surface area (Å²) < 4.78 is 28.1. The van der Waals surface area contributed by atoms with Gasteiger partial charge in [-0.25, -0.2) is 0 Å². The van der Waals surface area contributed by atoms with Crippen molar-refractivity contribution in [1.82, 2.24) is 0 Å². The van der Waals surface area contributed by atoms with Crippen molar-refractivity contribution in [1.29, 1.82) is 0 Å². The first-order valence-electron chi connectivity index (χ1n) is 10.3. The fraction of sp³-hybridized carbons (Fsp3) is 0.308. The Morgan fingerprint density at radius 1 is 0.700 bits per heavy atom. The number of fused-ring (bicyclic) bond motifs is 2. The summed E-state index contributed by atoms with van der Waals surface area (Å²) in [4.78, 5) is 2.14. The van der Waals surface area contributed by atoms with Gasteiger partial charge >= 0.3 is 181 Å². The van der Waals surface area contributed by atoms with E-state index in [-0.39, 0.29) is 5.41 Å². The average molecular weight is 466 g/mol. The molecule has 3 nitrogen and oxygen atoms in total. The van der Waals surface area contributed by atoms with Crippen LogP contribution in [0.1, 0.15) is 48.6 Å². The number of aryl methyl sites for hydroxylation is 4. The number of anilines is 3. The third-order valence-electron chi connectivity index (χ3n) is 5.87. The molecule has 156 valence electrons. The molecule has 4 rings (SSSR count). The molecule has 0 radical (unpaired) electrons. The van der Waals surface area contributed by atoms with Gasteiger partial charge < -0.3 is 0 Å². The predicted octanol–water partition coefficient (Wildman–Crippen LogP) is 5.42. The molecule has 0 amide bonds. The standard InChI is InChI=1S/C26H29NO2Se/c1-16-8-10-21-23(12-16)30(28,29)24-13-17(2)9-11-22(24)27(21)25-18(3)14-20(15-19(25)4)26(5,6)7/h8-15H,1-7H3. The molecule has 0 fully saturated rings. The SMILES string of the molecule is Cc1ccc2c(c1)[Se](=O)(=O)c1cc(C)ccc1N2c1c(C)cc(C(C)(C)C)cc1C. The zero-order valence-corrected chi connectivity index (χ0v) is 20.5. The Bertz CT molecular complexity index is 1200. The maximum absolute atomic E-state index is 13.6. The van der Waals surface area contributed by atoms with Crippen LogP contribution in [0, 0.1) is 27.7 Å². The Balaban J connectivity index is 2.08. The summed E-state index contributed by atoms with van der Waals surface area (Å²) in [5.74, 6) is 0. The van der Waals surface area contributed by atoms with Gasteiger partial charge in [0.15, 0.2) is 0 Å². The molecule has 1 heterocycles. The fourth-order valence-corrected chi connectivity index (χ4v) is 8.03. The van der Waals surface area contributed by atoms with Crippen molar-refractivity contribution in [3.05, 3.63) is 76.3 Å². The van der Waals surface area contributed by atoms with Gasteiger partial charge in [-0.3, -0.25) is 0 Å². The van der Waals surface area contributed by atoms with Crippen molar-refractivity contribution in [3.63, 3.8) is 0 Å². The van der Waals surface area contributed by atoms with E-state index in [2.05, 4.69) is 51.7 Å². The topological polar surface area (TPSA) is 37.4 Å². The molecule has 0 atom stereocenters. The summed E-state index contributed by atoms with van der Waals surface area (Å²) in [6.07, 6.45) is 0. The van der Waals surface area contributed by atoms with E-state index in [1.807, 2.05) is 50.2 Å². The van der Waals surface area contributed by atoms with Crippen molar-refractivity contribution in [3.8, 4) is 0 Å². The number of benzene rings is 3. The Morgan fingerprint density at radius 2 is 1.13 bits per heavy atom. The van der Waals surface area contributed by atoms with Crippen LogP contribution in [0.5, 0.6) is 0 Å². The predicted molar refractivity (Wildman–Crippen MR) is 125 cm³/mol. The van der Waals surface area contributed by atoms with Crippen LogP contribution < -0.4 is 13.8 Å². The summed E-state index contributed by atoms with van der Waals surface area (Å²) in [5, 5.41) is 0. The molecule has 4 heteroatoms. The summed E-state index contributed by atoms with van der Waals surface area (Å²) in [7, 11) is 0.